The van der Waals surface area contributed by atoms with Crippen LogP contribution in [0.5, 0.6) is 0 Å². The molecule has 0 heterocycles. The molecular weight excluding hydrogens is 493 g/mol. The van der Waals surface area contributed by atoms with Crippen LogP contribution in [-0.4, -0.2) is 50.5 Å². The van der Waals surface area contributed by atoms with E-state index in [1.54, 1.807) is 6.92 Å². The Bertz CT molecular complexity index is 1140. The number of benzene rings is 2. The van der Waals surface area contributed by atoms with E-state index in [0.717, 1.165) is 46.7 Å². The molecule has 10 heteroatoms. The third-order valence-corrected chi connectivity index (χ3v) is 6.95. The van der Waals surface area contributed by atoms with Crippen molar-refractivity contribution in [2.45, 2.75) is 52.6 Å². The van der Waals surface area contributed by atoms with Crippen molar-refractivity contribution in [3.63, 3.8) is 0 Å². The zero-order chi connectivity index (χ0) is 26.2. The van der Waals surface area contributed by atoms with E-state index in [1.807, 2.05) is 38.1 Å². The maximum atomic E-state index is 13.7. The van der Waals surface area contributed by atoms with Gasteiger partial charge in [-0.05, 0) is 43.5 Å². The minimum atomic E-state index is -3.92. The second-order valence-corrected chi connectivity index (χ2v) is 10.8. The zero-order valence-electron chi connectivity index (χ0n) is 20.6. The fraction of sp³-hybridized carbons (Fsp3) is 0.440. The molecule has 0 aromatic heterocycles. The summed E-state index contributed by atoms with van der Waals surface area (Å²) < 4.78 is 39.7. The smallest absolute Gasteiger partial charge is 0.244 e. The molecule has 0 spiro atoms. The molecule has 0 aliphatic heterocycles. The van der Waals surface area contributed by atoms with Crippen molar-refractivity contribution in [3.05, 3.63) is 64.4 Å². The number of amides is 2. The predicted octanol–water partition coefficient (Wildman–Crippen LogP) is 4.28. The molecule has 192 valence electrons. The summed E-state index contributed by atoms with van der Waals surface area (Å²) >= 11 is 5.86. The van der Waals surface area contributed by atoms with Crippen molar-refractivity contribution < 1.29 is 22.4 Å². The molecule has 0 unspecified atom stereocenters. The SMILES string of the molecule is CCCCNC(=O)[C@H](CC)N(Cc1cccc(C)c1)C(=O)CN(c1ccc(F)c(Cl)c1)S(C)(=O)=O. The normalized spacial score (nSPS) is 12.2. The third-order valence-electron chi connectivity index (χ3n) is 5.52. The number of carbonyl (C=O) groups excluding carboxylic acids is 2. The van der Waals surface area contributed by atoms with Gasteiger partial charge in [-0.1, -0.05) is 61.7 Å². The molecule has 2 amide bonds. The molecule has 0 radical (unpaired) electrons. The van der Waals surface area contributed by atoms with Crippen molar-refractivity contribution in [2.75, 3.05) is 23.7 Å². The minimum Gasteiger partial charge on any atom is -0.354 e. The number of hydrogen-bond acceptors (Lipinski definition) is 4. The molecule has 0 saturated heterocycles. The van der Waals surface area contributed by atoms with E-state index < -0.39 is 34.3 Å². The Morgan fingerprint density at radius 1 is 1.14 bits per heavy atom. The highest BCUT2D eigenvalue weighted by atomic mass is 35.5. The largest absolute Gasteiger partial charge is 0.354 e. The van der Waals surface area contributed by atoms with Gasteiger partial charge >= 0.3 is 0 Å². The average molecular weight is 526 g/mol. The van der Waals surface area contributed by atoms with E-state index in [1.165, 1.54) is 11.0 Å². The molecule has 2 aromatic carbocycles. The molecule has 1 atom stereocenters. The molecule has 0 aliphatic carbocycles. The minimum absolute atomic E-state index is 0.0585. The number of nitrogens with zero attached hydrogens (tertiary/aromatic N) is 2. The van der Waals surface area contributed by atoms with Crippen LogP contribution in [-0.2, 0) is 26.2 Å². The van der Waals surface area contributed by atoms with Gasteiger partial charge in [0.15, 0.2) is 0 Å². The van der Waals surface area contributed by atoms with E-state index in [9.17, 15) is 22.4 Å². The maximum Gasteiger partial charge on any atom is 0.244 e. The van der Waals surface area contributed by atoms with E-state index in [4.69, 9.17) is 11.6 Å². The molecule has 0 bridgehead atoms. The fourth-order valence-corrected chi connectivity index (χ4v) is 4.70. The second kappa shape index (κ2) is 12.9. The second-order valence-electron chi connectivity index (χ2n) is 8.45. The van der Waals surface area contributed by atoms with Crippen LogP contribution in [0.25, 0.3) is 0 Å². The van der Waals surface area contributed by atoms with Gasteiger partial charge in [0, 0.05) is 13.1 Å². The lowest BCUT2D eigenvalue weighted by molar-refractivity contribution is -0.140. The van der Waals surface area contributed by atoms with Gasteiger partial charge < -0.3 is 10.2 Å². The Morgan fingerprint density at radius 3 is 2.43 bits per heavy atom. The number of unbranched alkanes of at least 4 members (excludes halogenated alkanes) is 1. The molecular formula is C25H33ClFN3O4S. The summed E-state index contributed by atoms with van der Waals surface area (Å²) in [7, 11) is -3.92. The molecule has 0 aliphatic rings. The highest BCUT2D eigenvalue weighted by molar-refractivity contribution is 7.92. The summed E-state index contributed by atoms with van der Waals surface area (Å²) in [5.41, 5.74) is 1.87. The average Bonchev–Trinajstić information content (AvgIpc) is 2.78. The lowest BCUT2D eigenvalue weighted by Gasteiger charge is -2.33. The van der Waals surface area contributed by atoms with E-state index in [2.05, 4.69) is 5.32 Å². The van der Waals surface area contributed by atoms with Crippen LogP contribution >= 0.6 is 11.6 Å². The third kappa shape index (κ3) is 8.21. The Hall–Kier alpha value is -2.65. The first-order valence-electron chi connectivity index (χ1n) is 11.5. The van der Waals surface area contributed by atoms with Crippen molar-refractivity contribution in [2.24, 2.45) is 0 Å². The zero-order valence-corrected chi connectivity index (χ0v) is 22.1. The number of anilines is 1. The summed E-state index contributed by atoms with van der Waals surface area (Å²) in [5, 5.41) is 2.61. The van der Waals surface area contributed by atoms with Gasteiger partial charge in [0.05, 0.1) is 17.0 Å². The van der Waals surface area contributed by atoms with Crippen LogP contribution < -0.4 is 9.62 Å². The first-order chi connectivity index (χ1) is 16.5. The van der Waals surface area contributed by atoms with Crippen LogP contribution in [0.3, 0.4) is 0 Å². The van der Waals surface area contributed by atoms with Crippen molar-refractivity contribution in [1.29, 1.82) is 0 Å². The van der Waals surface area contributed by atoms with E-state index in [0.29, 0.717) is 13.0 Å². The number of aryl methyl sites for hydroxylation is 1. The van der Waals surface area contributed by atoms with Crippen molar-refractivity contribution in [1.82, 2.24) is 10.2 Å². The first-order valence-corrected chi connectivity index (χ1v) is 13.8. The van der Waals surface area contributed by atoms with E-state index in [-0.39, 0.29) is 23.2 Å². The Balaban J connectivity index is 2.42. The monoisotopic (exact) mass is 525 g/mol. The molecule has 7 nitrogen and oxygen atoms in total. The van der Waals surface area contributed by atoms with Crippen LogP contribution in [0.1, 0.15) is 44.2 Å². The number of halogens is 2. The molecule has 2 rings (SSSR count). The van der Waals surface area contributed by atoms with Crippen molar-refractivity contribution >= 4 is 39.1 Å². The lowest BCUT2D eigenvalue weighted by atomic mass is 10.1. The fourth-order valence-electron chi connectivity index (χ4n) is 3.69. The summed E-state index contributed by atoms with van der Waals surface area (Å²) in [4.78, 5) is 28.0. The molecule has 0 saturated carbocycles. The van der Waals surface area contributed by atoms with Crippen LogP contribution in [0.15, 0.2) is 42.5 Å². The Kier molecular flexibility index (Phi) is 10.5. The molecule has 35 heavy (non-hydrogen) atoms. The Morgan fingerprint density at radius 2 is 1.86 bits per heavy atom. The maximum absolute atomic E-state index is 13.7. The Labute approximate surface area is 212 Å². The highest BCUT2D eigenvalue weighted by Crippen LogP contribution is 2.25. The standard InChI is InChI=1S/C25H33ClFN3O4S/c1-5-7-13-28-25(32)23(6-2)29(16-19-10-8-9-18(3)14-19)24(31)17-30(35(4,33)34)20-11-12-22(27)21(26)15-20/h8-12,14-15,23H,5-7,13,16-17H2,1-4H3,(H,28,32)/t23-/m0/s1. The van der Waals surface area contributed by atoms with Crippen molar-refractivity contribution in [3.8, 4) is 0 Å². The van der Waals surface area contributed by atoms with Gasteiger partial charge in [-0.3, -0.25) is 13.9 Å². The lowest BCUT2D eigenvalue weighted by Crippen LogP contribution is -2.52. The van der Waals surface area contributed by atoms with Gasteiger partial charge in [-0.25, -0.2) is 12.8 Å². The molecule has 1 N–H and O–H groups in total. The topological polar surface area (TPSA) is 86.8 Å². The number of rotatable bonds is 12. The summed E-state index contributed by atoms with van der Waals surface area (Å²) in [5.74, 6) is -1.56. The van der Waals surface area contributed by atoms with E-state index >= 15 is 0 Å². The predicted molar refractivity (Wildman–Crippen MR) is 137 cm³/mol. The van der Waals surface area contributed by atoms with Crippen LogP contribution in [0.2, 0.25) is 5.02 Å². The van der Waals surface area contributed by atoms with Crippen LogP contribution in [0.4, 0.5) is 10.1 Å². The molecule has 2 aromatic rings. The van der Waals surface area contributed by atoms with Crippen LogP contribution in [0, 0.1) is 12.7 Å². The van der Waals surface area contributed by atoms with Gasteiger partial charge in [0.2, 0.25) is 21.8 Å². The number of sulfonamides is 1. The quantitative estimate of drug-likeness (QED) is 0.419. The first kappa shape index (κ1) is 28.6. The summed E-state index contributed by atoms with van der Waals surface area (Å²) in [6, 6.07) is 10.2. The summed E-state index contributed by atoms with van der Waals surface area (Å²) in [6.45, 7) is 5.79. The van der Waals surface area contributed by atoms with Gasteiger partial charge in [0.1, 0.15) is 18.4 Å². The van der Waals surface area contributed by atoms with Gasteiger partial charge in [0.25, 0.3) is 0 Å². The summed E-state index contributed by atoms with van der Waals surface area (Å²) in [6.07, 6.45) is 3.02. The number of nitrogens with one attached hydrogen (secondary N) is 1. The van der Waals surface area contributed by atoms with Gasteiger partial charge in [-0.2, -0.15) is 0 Å². The number of carbonyl (C=O) groups is 2. The molecule has 0 fully saturated rings. The van der Waals surface area contributed by atoms with Gasteiger partial charge in [-0.15, -0.1) is 0 Å². The number of hydrogen-bond donors (Lipinski definition) is 1. The highest BCUT2D eigenvalue weighted by Gasteiger charge is 2.31.